The van der Waals surface area contributed by atoms with Crippen LogP contribution in [0.15, 0.2) is 24.4 Å². The zero-order chi connectivity index (χ0) is 22.3. The third-order valence-electron chi connectivity index (χ3n) is 5.26. The topological polar surface area (TPSA) is 82.7 Å². The molecule has 2 atom stereocenters. The van der Waals surface area contributed by atoms with Crippen molar-refractivity contribution in [2.75, 3.05) is 37.9 Å². The lowest BCUT2D eigenvalue weighted by Crippen LogP contribution is -2.46. The molecular weight excluding hydrogens is 439 g/mol. The average molecular weight is 463 g/mol. The Kier molecular flexibility index (Phi) is 6.01. The van der Waals surface area contributed by atoms with Crippen molar-refractivity contribution < 1.29 is 14.2 Å². The van der Waals surface area contributed by atoms with Gasteiger partial charge in [-0.1, -0.05) is 23.2 Å². The van der Waals surface area contributed by atoms with E-state index in [1.807, 2.05) is 26.0 Å². The second-order valence-electron chi connectivity index (χ2n) is 7.61. The lowest BCUT2D eigenvalue weighted by molar-refractivity contribution is -0.00536. The van der Waals surface area contributed by atoms with E-state index in [0.29, 0.717) is 51.7 Å². The van der Waals surface area contributed by atoms with Gasteiger partial charge in [0.2, 0.25) is 0 Å². The first-order chi connectivity index (χ1) is 14.8. The number of anilines is 2. The van der Waals surface area contributed by atoms with Gasteiger partial charge in [0.25, 0.3) is 0 Å². The van der Waals surface area contributed by atoms with Gasteiger partial charge in [0.15, 0.2) is 0 Å². The minimum atomic E-state index is 0.0625. The summed E-state index contributed by atoms with van der Waals surface area (Å²) in [6.45, 7) is 5.48. The standard InChI is InChI=1S/C22H24Cl2N4O3/c1-11-9-28(10-12(2)31-11)22-14-6-18(25)26-8-13(14)5-15(27-22)19-20(23)16(29-3)7-17(30-4)21(19)24/h5-8,11-12H,9-10H2,1-4H3,(H2,25,26). The van der Waals surface area contributed by atoms with Crippen LogP contribution in [0.3, 0.4) is 0 Å². The van der Waals surface area contributed by atoms with E-state index in [0.717, 1.165) is 16.6 Å². The van der Waals surface area contributed by atoms with Gasteiger partial charge in [-0.3, -0.25) is 0 Å². The number of nitrogen functional groups attached to an aromatic ring is 1. The van der Waals surface area contributed by atoms with E-state index in [1.54, 1.807) is 26.5 Å². The summed E-state index contributed by atoms with van der Waals surface area (Å²) in [5.41, 5.74) is 7.12. The fourth-order valence-electron chi connectivity index (χ4n) is 3.98. The van der Waals surface area contributed by atoms with Crippen LogP contribution in [0.4, 0.5) is 11.6 Å². The van der Waals surface area contributed by atoms with E-state index < -0.39 is 0 Å². The van der Waals surface area contributed by atoms with Crippen LogP contribution in [-0.4, -0.2) is 49.5 Å². The van der Waals surface area contributed by atoms with E-state index >= 15 is 0 Å². The molecule has 0 aliphatic carbocycles. The molecule has 31 heavy (non-hydrogen) atoms. The number of pyridine rings is 2. The van der Waals surface area contributed by atoms with Gasteiger partial charge in [-0.2, -0.15) is 0 Å². The Morgan fingerprint density at radius 3 is 2.23 bits per heavy atom. The molecule has 1 aliphatic heterocycles. The summed E-state index contributed by atoms with van der Waals surface area (Å²) in [5.74, 6) is 2.10. The maximum Gasteiger partial charge on any atom is 0.141 e. The number of morpholine rings is 1. The van der Waals surface area contributed by atoms with Crippen LogP contribution in [0.1, 0.15) is 13.8 Å². The van der Waals surface area contributed by atoms with Crippen molar-refractivity contribution in [2.45, 2.75) is 26.1 Å². The van der Waals surface area contributed by atoms with Crippen molar-refractivity contribution in [3.63, 3.8) is 0 Å². The Hall–Kier alpha value is -2.48. The van der Waals surface area contributed by atoms with Gasteiger partial charge in [-0.05, 0) is 26.0 Å². The maximum atomic E-state index is 6.66. The van der Waals surface area contributed by atoms with Gasteiger partial charge >= 0.3 is 0 Å². The Bertz CT molecular complexity index is 1100. The van der Waals surface area contributed by atoms with Gasteiger partial charge in [0.05, 0.1) is 42.2 Å². The number of hydrogen-bond donors (Lipinski definition) is 1. The van der Waals surface area contributed by atoms with Crippen molar-refractivity contribution in [1.82, 2.24) is 9.97 Å². The molecule has 2 unspecified atom stereocenters. The minimum Gasteiger partial charge on any atom is -0.495 e. The SMILES string of the molecule is COc1cc(OC)c(Cl)c(-c2cc3cnc(N)cc3c(N3CC(C)OC(C)C3)n2)c1Cl. The summed E-state index contributed by atoms with van der Waals surface area (Å²) in [6.07, 6.45) is 1.85. The molecule has 164 valence electrons. The number of hydrogen-bond acceptors (Lipinski definition) is 7. The van der Waals surface area contributed by atoms with Crippen LogP contribution in [0.2, 0.25) is 10.0 Å². The van der Waals surface area contributed by atoms with Crippen LogP contribution < -0.4 is 20.1 Å². The molecule has 1 fully saturated rings. The van der Waals surface area contributed by atoms with E-state index in [2.05, 4.69) is 9.88 Å². The smallest absolute Gasteiger partial charge is 0.141 e. The largest absolute Gasteiger partial charge is 0.495 e. The number of benzene rings is 1. The molecule has 2 N–H and O–H groups in total. The predicted molar refractivity (Wildman–Crippen MR) is 125 cm³/mol. The zero-order valence-electron chi connectivity index (χ0n) is 17.8. The molecule has 3 heterocycles. The average Bonchev–Trinajstić information content (AvgIpc) is 2.73. The summed E-state index contributed by atoms with van der Waals surface area (Å²) in [6, 6.07) is 5.38. The third kappa shape index (κ3) is 4.05. The summed E-state index contributed by atoms with van der Waals surface area (Å²) in [4.78, 5) is 11.4. The summed E-state index contributed by atoms with van der Waals surface area (Å²) < 4.78 is 16.8. The molecule has 4 rings (SSSR count). The van der Waals surface area contributed by atoms with E-state index in [9.17, 15) is 0 Å². The molecule has 1 saturated heterocycles. The molecule has 1 aliphatic rings. The molecule has 0 bridgehead atoms. The molecule has 9 heteroatoms. The Morgan fingerprint density at radius 2 is 1.65 bits per heavy atom. The predicted octanol–water partition coefficient (Wildman–Crippen LogP) is 4.82. The van der Waals surface area contributed by atoms with Crippen molar-refractivity contribution in [2.24, 2.45) is 0 Å². The van der Waals surface area contributed by atoms with Gasteiger partial charge in [0, 0.05) is 41.7 Å². The number of aromatic nitrogens is 2. The molecule has 0 saturated carbocycles. The molecule has 7 nitrogen and oxygen atoms in total. The van der Waals surface area contributed by atoms with E-state index in [4.69, 9.17) is 48.1 Å². The highest BCUT2D eigenvalue weighted by Crippen LogP contribution is 2.46. The fourth-order valence-corrected chi connectivity index (χ4v) is 4.67. The number of halogens is 2. The Morgan fingerprint density at radius 1 is 1.03 bits per heavy atom. The Labute approximate surface area is 191 Å². The zero-order valence-corrected chi connectivity index (χ0v) is 19.3. The maximum absolute atomic E-state index is 6.66. The van der Waals surface area contributed by atoms with E-state index in [-0.39, 0.29) is 12.2 Å². The third-order valence-corrected chi connectivity index (χ3v) is 6.01. The molecule has 2 aromatic heterocycles. The highest BCUT2D eigenvalue weighted by Gasteiger charge is 2.27. The van der Waals surface area contributed by atoms with Crippen molar-refractivity contribution >= 4 is 45.6 Å². The van der Waals surface area contributed by atoms with Crippen LogP contribution in [0.5, 0.6) is 11.5 Å². The van der Waals surface area contributed by atoms with Gasteiger partial charge in [0.1, 0.15) is 23.1 Å². The normalized spacial score (nSPS) is 19.0. The monoisotopic (exact) mass is 462 g/mol. The first-order valence-corrected chi connectivity index (χ1v) is 10.6. The first kappa shape index (κ1) is 21.7. The second kappa shape index (κ2) is 8.57. The minimum absolute atomic E-state index is 0.0625. The molecule has 0 radical (unpaired) electrons. The summed E-state index contributed by atoms with van der Waals surface area (Å²) >= 11 is 13.3. The number of rotatable bonds is 4. The van der Waals surface area contributed by atoms with Crippen LogP contribution in [0, 0.1) is 0 Å². The quantitative estimate of drug-likeness (QED) is 0.594. The Balaban J connectivity index is 1.98. The van der Waals surface area contributed by atoms with Gasteiger partial charge < -0.3 is 24.8 Å². The molecule has 0 spiro atoms. The van der Waals surface area contributed by atoms with Crippen LogP contribution >= 0.6 is 23.2 Å². The highest BCUT2D eigenvalue weighted by molar-refractivity contribution is 6.41. The van der Waals surface area contributed by atoms with Crippen molar-refractivity contribution in [1.29, 1.82) is 0 Å². The fraction of sp³-hybridized carbons (Fsp3) is 0.364. The summed E-state index contributed by atoms with van der Waals surface area (Å²) in [7, 11) is 3.08. The highest BCUT2D eigenvalue weighted by atomic mass is 35.5. The lowest BCUT2D eigenvalue weighted by atomic mass is 10.1. The molecule has 3 aromatic rings. The lowest BCUT2D eigenvalue weighted by Gasteiger charge is -2.36. The van der Waals surface area contributed by atoms with Crippen molar-refractivity contribution in [3.05, 3.63) is 34.4 Å². The summed E-state index contributed by atoms with van der Waals surface area (Å²) in [5, 5.41) is 2.49. The van der Waals surface area contributed by atoms with Gasteiger partial charge in [-0.15, -0.1) is 0 Å². The number of nitrogens with two attached hydrogens (primary N) is 1. The van der Waals surface area contributed by atoms with Crippen molar-refractivity contribution in [3.8, 4) is 22.8 Å². The number of methoxy groups -OCH3 is 2. The second-order valence-corrected chi connectivity index (χ2v) is 8.36. The van der Waals surface area contributed by atoms with Crippen LogP contribution in [0.25, 0.3) is 22.0 Å². The first-order valence-electron chi connectivity index (χ1n) is 9.89. The number of nitrogens with zero attached hydrogens (tertiary/aromatic N) is 3. The molecular formula is C22H24Cl2N4O3. The van der Waals surface area contributed by atoms with Gasteiger partial charge in [-0.25, -0.2) is 9.97 Å². The number of fused-ring (bicyclic) bond motifs is 1. The number of ether oxygens (including phenoxy) is 3. The van der Waals surface area contributed by atoms with Crippen LogP contribution in [-0.2, 0) is 4.74 Å². The molecule has 1 aromatic carbocycles. The van der Waals surface area contributed by atoms with E-state index in [1.165, 1.54) is 0 Å². The molecule has 0 amide bonds.